The number of rotatable bonds is 7. The van der Waals surface area contributed by atoms with Gasteiger partial charge in [0, 0.05) is 7.11 Å². The topological polar surface area (TPSA) is 85.5 Å². The second-order valence-corrected chi connectivity index (χ2v) is 4.67. The fraction of sp³-hybridized carbons (Fsp3) is 0.700. The zero-order chi connectivity index (χ0) is 12.9. The lowest BCUT2D eigenvalue weighted by molar-refractivity contribution is -0.133. The van der Waals surface area contributed by atoms with Gasteiger partial charge >= 0.3 is 5.97 Å². The molecule has 0 fully saturated rings. The van der Waals surface area contributed by atoms with Crippen LogP contribution >= 0.6 is 11.8 Å². The van der Waals surface area contributed by atoms with E-state index in [2.05, 4.69) is 10.1 Å². The molecule has 1 heterocycles. The zero-order valence-electron chi connectivity index (χ0n) is 10.1. The van der Waals surface area contributed by atoms with E-state index in [9.17, 15) is 4.79 Å². The van der Waals surface area contributed by atoms with E-state index >= 15 is 0 Å². The molecule has 0 saturated carbocycles. The highest BCUT2D eigenvalue weighted by atomic mass is 32.2. The van der Waals surface area contributed by atoms with Crippen molar-refractivity contribution in [2.24, 2.45) is 0 Å². The molecular formula is C10H16N2O4S. The van der Waals surface area contributed by atoms with Crippen LogP contribution in [0.5, 0.6) is 0 Å². The van der Waals surface area contributed by atoms with Crippen molar-refractivity contribution in [2.75, 3.05) is 12.9 Å². The first-order chi connectivity index (χ1) is 8.01. The van der Waals surface area contributed by atoms with Gasteiger partial charge in [-0.3, -0.25) is 4.79 Å². The molecule has 0 aliphatic rings. The smallest absolute Gasteiger partial charge is 0.313 e. The maximum atomic E-state index is 10.3. The van der Waals surface area contributed by atoms with Crippen LogP contribution in [0.4, 0.5) is 0 Å². The third-order valence-electron chi connectivity index (χ3n) is 2.52. The molecule has 0 aliphatic carbocycles. The predicted octanol–water partition coefficient (Wildman–Crippen LogP) is 1.66. The lowest BCUT2D eigenvalue weighted by atomic mass is 10.0. The second-order valence-electron chi connectivity index (χ2n) is 3.69. The number of carboxylic acids is 1. The molecule has 1 atom stereocenters. The van der Waals surface area contributed by atoms with E-state index in [-0.39, 0.29) is 5.75 Å². The number of aliphatic carboxylic acids is 1. The van der Waals surface area contributed by atoms with E-state index in [1.165, 1.54) is 11.8 Å². The van der Waals surface area contributed by atoms with Crippen LogP contribution in [-0.2, 0) is 20.9 Å². The maximum absolute atomic E-state index is 10.3. The number of thioether (sulfide) groups is 1. The summed E-state index contributed by atoms with van der Waals surface area (Å²) in [5.41, 5.74) is -0.556. The van der Waals surface area contributed by atoms with Crippen molar-refractivity contribution in [2.45, 2.75) is 31.6 Å². The molecule has 17 heavy (non-hydrogen) atoms. The fourth-order valence-corrected chi connectivity index (χ4v) is 1.72. The number of ether oxygens (including phenoxy) is 1. The molecule has 1 unspecified atom stereocenters. The van der Waals surface area contributed by atoms with Gasteiger partial charge in [-0.25, -0.2) is 0 Å². The molecule has 0 aromatic carbocycles. The largest absolute Gasteiger partial charge is 0.481 e. The number of nitrogens with zero attached hydrogens (tertiary/aromatic N) is 2. The minimum absolute atomic E-state index is 0.0209. The monoisotopic (exact) mass is 260 g/mol. The van der Waals surface area contributed by atoms with E-state index in [1.54, 1.807) is 7.11 Å². The maximum Gasteiger partial charge on any atom is 0.313 e. The lowest BCUT2D eigenvalue weighted by Gasteiger charge is -2.21. The normalized spacial score (nSPS) is 14.5. The molecule has 1 aromatic rings. The molecule has 1 N–H and O–H groups in total. The number of methoxy groups -OCH3 is 1. The summed E-state index contributed by atoms with van der Waals surface area (Å²) in [6.07, 6.45) is 0.727. The summed E-state index contributed by atoms with van der Waals surface area (Å²) < 4.78 is 10.4. The summed E-state index contributed by atoms with van der Waals surface area (Å²) in [5, 5.41) is 12.4. The molecule has 0 amide bonds. The lowest BCUT2D eigenvalue weighted by Crippen LogP contribution is -2.24. The van der Waals surface area contributed by atoms with Gasteiger partial charge in [0.2, 0.25) is 11.7 Å². The molecule has 0 spiro atoms. The van der Waals surface area contributed by atoms with Crippen molar-refractivity contribution in [1.29, 1.82) is 0 Å². The third kappa shape index (κ3) is 3.71. The average molecular weight is 260 g/mol. The molecular weight excluding hydrogens is 244 g/mol. The SMILES string of the molecule is CCC(C)(OC)c1noc(CSCC(=O)O)n1. The van der Waals surface area contributed by atoms with Gasteiger partial charge in [0.15, 0.2) is 0 Å². The summed E-state index contributed by atoms with van der Waals surface area (Å²) >= 11 is 1.22. The van der Waals surface area contributed by atoms with Crippen LogP contribution in [0, 0.1) is 0 Å². The Morgan fingerprint density at radius 3 is 2.88 bits per heavy atom. The van der Waals surface area contributed by atoms with E-state index in [0.717, 1.165) is 6.42 Å². The van der Waals surface area contributed by atoms with Crippen molar-refractivity contribution in [1.82, 2.24) is 10.1 Å². The Morgan fingerprint density at radius 1 is 1.65 bits per heavy atom. The molecule has 6 nitrogen and oxygen atoms in total. The quantitative estimate of drug-likeness (QED) is 0.797. The minimum atomic E-state index is -0.856. The highest BCUT2D eigenvalue weighted by Crippen LogP contribution is 2.25. The summed E-state index contributed by atoms with van der Waals surface area (Å²) in [4.78, 5) is 14.5. The fourth-order valence-electron chi connectivity index (χ4n) is 1.15. The summed E-state index contributed by atoms with van der Waals surface area (Å²) in [6.45, 7) is 3.85. The van der Waals surface area contributed by atoms with Crippen LogP contribution in [0.15, 0.2) is 4.52 Å². The van der Waals surface area contributed by atoms with E-state index < -0.39 is 11.6 Å². The van der Waals surface area contributed by atoms with Gasteiger partial charge in [-0.2, -0.15) is 4.98 Å². The molecule has 0 aliphatic heterocycles. The molecule has 1 rings (SSSR count). The molecule has 0 bridgehead atoms. The number of carbonyl (C=O) groups is 1. The third-order valence-corrected chi connectivity index (χ3v) is 3.42. The molecule has 0 saturated heterocycles. The average Bonchev–Trinajstić information content (AvgIpc) is 2.77. The van der Waals surface area contributed by atoms with Crippen LogP contribution in [0.2, 0.25) is 0 Å². The van der Waals surface area contributed by atoms with Crippen molar-refractivity contribution in [3.63, 3.8) is 0 Å². The van der Waals surface area contributed by atoms with Crippen molar-refractivity contribution >= 4 is 17.7 Å². The molecule has 0 radical (unpaired) electrons. The Hall–Kier alpha value is -1.08. The first kappa shape index (κ1) is 14.0. The Kier molecular flexibility index (Phi) is 4.95. The zero-order valence-corrected chi connectivity index (χ0v) is 10.9. The Labute approximate surface area is 104 Å². The van der Waals surface area contributed by atoms with Crippen molar-refractivity contribution < 1.29 is 19.2 Å². The highest BCUT2D eigenvalue weighted by molar-refractivity contribution is 7.99. The summed E-state index contributed by atoms with van der Waals surface area (Å²) in [6, 6.07) is 0. The van der Waals surface area contributed by atoms with Crippen LogP contribution in [0.3, 0.4) is 0 Å². The van der Waals surface area contributed by atoms with Gasteiger partial charge in [-0.1, -0.05) is 12.1 Å². The second kappa shape index (κ2) is 6.02. The van der Waals surface area contributed by atoms with Crippen LogP contribution in [0.25, 0.3) is 0 Å². The first-order valence-electron chi connectivity index (χ1n) is 5.19. The van der Waals surface area contributed by atoms with E-state index in [0.29, 0.717) is 17.5 Å². The first-order valence-corrected chi connectivity index (χ1v) is 6.35. The summed E-state index contributed by atoms with van der Waals surface area (Å²) in [7, 11) is 1.60. The number of hydrogen-bond acceptors (Lipinski definition) is 6. The molecule has 1 aromatic heterocycles. The van der Waals surface area contributed by atoms with Gasteiger partial charge in [-0.05, 0) is 13.3 Å². The van der Waals surface area contributed by atoms with Crippen molar-refractivity contribution in [3.05, 3.63) is 11.7 Å². The molecule has 96 valence electrons. The Balaban J connectivity index is 2.61. The van der Waals surface area contributed by atoms with Crippen LogP contribution in [-0.4, -0.2) is 34.1 Å². The highest BCUT2D eigenvalue weighted by Gasteiger charge is 2.29. The van der Waals surface area contributed by atoms with Gasteiger partial charge in [0.25, 0.3) is 0 Å². The van der Waals surface area contributed by atoms with E-state index in [1.807, 2.05) is 13.8 Å². The van der Waals surface area contributed by atoms with Gasteiger partial charge in [0.1, 0.15) is 5.60 Å². The van der Waals surface area contributed by atoms with E-state index in [4.69, 9.17) is 14.4 Å². The number of aromatic nitrogens is 2. The van der Waals surface area contributed by atoms with Crippen LogP contribution < -0.4 is 0 Å². The molecule has 7 heteroatoms. The number of hydrogen-bond donors (Lipinski definition) is 1. The number of carboxylic acid groups (broad SMARTS) is 1. The van der Waals surface area contributed by atoms with Gasteiger partial charge < -0.3 is 14.4 Å². The minimum Gasteiger partial charge on any atom is -0.481 e. The van der Waals surface area contributed by atoms with Gasteiger partial charge in [-0.15, -0.1) is 11.8 Å². The predicted molar refractivity (Wildman–Crippen MR) is 62.7 cm³/mol. The van der Waals surface area contributed by atoms with Crippen molar-refractivity contribution in [3.8, 4) is 0 Å². The Morgan fingerprint density at radius 2 is 2.35 bits per heavy atom. The van der Waals surface area contributed by atoms with Crippen LogP contribution in [0.1, 0.15) is 32.0 Å². The standard InChI is InChI=1S/C10H16N2O4S/c1-4-10(2,15-3)9-11-7(16-12-9)5-17-6-8(13)14/h4-6H2,1-3H3,(H,13,14). The van der Waals surface area contributed by atoms with Gasteiger partial charge in [0.05, 0.1) is 11.5 Å². The summed E-state index contributed by atoms with van der Waals surface area (Å²) in [5.74, 6) is 0.469. The Bertz CT molecular complexity index is 376.